The topological polar surface area (TPSA) is 58.9 Å². The molecule has 4 nitrogen and oxygen atoms in total. The molecule has 0 amide bonds. The molecule has 1 aromatic rings. The molecule has 142 valence electrons. The summed E-state index contributed by atoms with van der Waals surface area (Å²) < 4.78 is 1.25. The number of benzene rings is 1. The number of hydrogen-bond acceptors (Lipinski definition) is 3. The molecule has 0 aliphatic heterocycles. The van der Waals surface area contributed by atoms with Gasteiger partial charge in [-0.05, 0) is 89.3 Å². The van der Waals surface area contributed by atoms with Crippen molar-refractivity contribution < 1.29 is 14.7 Å². The van der Waals surface area contributed by atoms with Gasteiger partial charge >= 0.3 is 5.97 Å². The van der Waals surface area contributed by atoms with Crippen LogP contribution < -0.4 is 0 Å². The van der Waals surface area contributed by atoms with E-state index in [2.05, 4.69) is 60.7 Å². The third-order valence-corrected chi connectivity index (χ3v) is 7.64. The van der Waals surface area contributed by atoms with Crippen LogP contribution in [0.3, 0.4) is 0 Å². The Kier molecular flexibility index (Phi) is 5.14. The van der Waals surface area contributed by atoms with Gasteiger partial charge in [-0.15, -0.1) is 0 Å². The zero-order valence-electron chi connectivity index (χ0n) is 16.2. The maximum atomic E-state index is 12.2. The molecule has 1 aromatic carbocycles. The lowest BCUT2D eigenvalue weighted by molar-refractivity contribution is -0.156. The summed E-state index contributed by atoms with van der Waals surface area (Å²) in [6.45, 7) is 8.57. The van der Waals surface area contributed by atoms with Crippen molar-refractivity contribution in [2.45, 2.75) is 64.7 Å². The molecular weight excluding hydrogens is 441 g/mol. The molecule has 1 saturated carbocycles. The number of halogens is 1. The summed E-state index contributed by atoms with van der Waals surface area (Å²) in [4.78, 5) is 17.3. The predicted molar refractivity (Wildman–Crippen MR) is 112 cm³/mol. The van der Waals surface area contributed by atoms with Crippen LogP contribution in [0.25, 0.3) is 0 Å². The van der Waals surface area contributed by atoms with Crippen molar-refractivity contribution in [2.24, 2.45) is 16.5 Å². The van der Waals surface area contributed by atoms with Gasteiger partial charge in [-0.2, -0.15) is 0 Å². The van der Waals surface area contributed by atoms with E-state index in [0.29, 0.717) is 12.3 Å². The average molecular weight is 469 g/mol. The minimum absolute atomic E-state index is 0.0170. The Morgan fingerprint density at radius 1 is 1.35 bits per heavy atom. The number of nitrogens with zero attached hydrogens (tertiary/aromatic N) is 1. The molecule has 1 N–H and O–H groups in total. The van der Waals surface area contributed by atoms with Crippen LogP contribution in [-0.4, -0.2) is 23.9 Å². The number of carbonyl (C=O) groups is 1. The largest absolute Gasteiger partial charge is 0.481 e. The molecule has 3 atom stereocenters. The third-order valence-electron chi connectivity index (χ3n) is 6.70. The van der Waals surface area contributed by atoms with E-state index in [9.17, 15) is 9.90 Å². The highest BCUT2D eigenvalue weighted by atomic mass is 127. The summed E-state index contributed by atoms with van der Waals surface area (Å²) in [7, 11) is 1.56. The van der Waals surface area contributed by atoms with Gasteiger partial charge in [0.2, 0.25) is 0 Å². The summed E-state index contributed by atoms with van der Waals surface area (Å²) in [5.41, 5.74) is 3.70. The van der Waals surface area contributed by atoms with E-state index >= 15 is 0 Å². The fourth-order valence-corrected chi connectivity index (χ4v) is 6.24. The van der Waals surface area contributed by atoms with E-state index in [1.807, 2.05) is 6.92 Å². The molecule has 26 heavy (non-hydrogen) atoms. The lowest BCUT2D eigenvalue weighted by Gasteiger charge is -2.53. The fourth-order valence-electron chi connectivity index (χ4n) is 5.15. The van der Waals surface area contributed by atoms with Crippen LogP contribution in [0, 0.1) is 14.9 Å². The van der Waals surface area contributed by atoms with Crippen molar-refractivity contribution in [3.8, 4) is 0 Å². The first-order valence-electron chi connectivity index (χ1n) is 9.33. The second kappa shape index (κ2) is 6.80. The van der Waals surface area contributed by atoms with Gasteiger partial charge in [0.1, 0.15) is 7.11 Å². The molecule has 2 aliphatic rings. The van der Waals surface area contributed by atoms with Crippen LogP contribution in [0.4, 0.5) is 0 Å². The fraction of sp³-hybridized carbons (Fsp3) is 0.619. The number of hydrogen-bond donors (Lipinski definition) is 1. The van der Waals surface area contributed by atoms with Crippen molar-refractivity contribution in [1.82, 2.24) is 0 Å². The lowest BCUT2D eigenvalue weighted by atomic mass is 9.49. The number of carboxylic acids is 1. The Morgan fingerprint density at radius 2 is 2.04 bits per heavy atom. The van der Waals surface area contributed by atoms with Crippen LogP contribution >= 0.6 is 22.6 Å². The van der Waals surface area contributed by atoms with Crippen LogP contribution in [0.5, 0.6) is 0 Å². The number of fused-ring (bicyclic) bond motifs is 3. The van der Waals surface area contributed by atoms with E-state index in [4.69, 9.17) is 4.84 Å². The number of oxime groups is 1. The highest BCUT2D eigenvalue weighted by molar-refractivity contribution is 14.1. The van der Waals surface area contributed by atoms with Gasteiger partial charge in [-0.3, -0.25) is 4.79 Å². The van der Waals surface area contributed by atoms with E-state index in [1.165, 1.54) is 14.7 Å². The van der Waals surface area contributed by atoms with Gasteiger partial charge in [0.25, 0.3) is 0 Å². The minimum atomic E-state index is -0.735. The number of aliphatic carboxylic acids is 1. The maximum absolute atomic E-state index is 12.2. The second-order valence-electron chi connectivity index (χ2n) is 8.54. The van der Waals surface area contributed by atoms with Crippen LogP contribution in [0.15, 0.2) is 17.3 Å². The summed E-state index contributed by atoms with van der Waals surface area (Å²) in [5, 5.41) is 14.3. The van der Waals surface area contributed by atoms with E-state index in [1.54, 1.807) is 7.11 Å². The standard InChI is InChI=1S/C21H28INO3/c1-12(2)13-9-14-15(10-16(13)22)20(3)7-6-8-21(4,19(24)25)18(20)11-17(14)23-26-5/h9-10,12,18H,6-8,11H2,1-5H3,(H,24,25)/b23-17+/t18?,20-,21-/m1/s1. The Morgan fingerprint density at radius 3 is 2.62 bits per heavy atom. The van der Waals surface area contributed by atoms with Crippen molar-refractivity contribution in [2.75, 3.05) is 7.11 Å². The first-order valence-corrected chi connectivity index (χ1v) is 10.4. The monoisotopic (exact) mass is 469 g/mol. The van der Waals surface area contributed by atoms with Crippen LogP contribution in [0.2, 0.25) is 0 Å². The molecular formula is C21H28INO3. The SMILES string of the molecule is CO/N=C1\CC2[C@](C)(C(=O)O)CCC[C@]2(C)c2cc(I)c(C(C)C)cc21. The van der Waals surface area contributed by atoms with Crippen molar-refractivity contribution >= 4 is 34.3 Å². The summed E-state index contributed by atoms with van der Waals surface area (Å²) >= 11 is 2.42. The van der Waals surface area contributed by atoms with E-state index < -0.39 is 11.4 Å². The molecule has 0 heterocycles. The molecule has 2 aliphatic carbocycles. The van der Waals surface area contributed by atoms with Gasteiger partial charge in [-0.25, -0.2) is 0 Å². The Hall–Kier alpha value is -1.11. The van der Waals surface area contributed by atoms with Gasteiger partial charge < -0.3 is 9.94 Å². The van der Waals surface area contributed by atoms with Crippen molar-refractivity contribution in [3.05, 3.63) is 32.4 Å². The number of carboxylic acid groups (broad SMARTS) is 1. The summed E-state index contributed by atoms with van der Waals surface area (Å²) in [6, 6.07) is 4.53. The average Bonchev–Trinajstić information content (AvgIpc) is 2.56. The Balaban J connectivity index is 2.26. The van der Waals surface area contributed by atoms with E-state index in [0.717, 1.165) is 30.5 Å². The van der Waals surface area contributed by atoms with Crippen LogP contribution in [-0.2, 0) is 15.0 Å². The molecule has 1 unspecified atom stereocenters. The molecule has 3 rings (SSSR count). The summed E-state index contributed by atoms with van der Waals surface area (Å²) in [5.74, 6) is -0.248. The van der Waals surface area contributed by atoms with Crippen LogP contribution in [0.1, 0.15) is 76.0 Å². The summed E-state index contributed by atoms with van der Waals surface area (Å²) in [6.07, 6.45) is 3.33. The highest BCUT2D eigenvalue weighted by Crippen LogP contribution is 2.57. The predicted octanol–water partition coefficient (Wildman–Crippen LogP) is 5.32. The van der Waals surface area contributed by atoms with Crippen molar-refractivity contribution in [3.63, 3.8) is 0 Å². The molecule has 0 radical (unpaired) electrons. The molecule has 0 spiro atoms. The maximum Gasteiger partial charge on any atom is 0.309 e. The smallest absolute Gasteiger partial charge is 0.309 e. The zero-order chi connectivity index (χ0) is 19.3. The van der Waals surface area contributed by atoms with Crippen molar-refractivity contribution in [1.29, 1.82) is 0 Å². The number of rotatable bonds is 3. The Labute approximate surface area is 169 Å². The lowest BCUT2D eigenvalue weighted by Crippen LogP contribution is -2.53. The molecule has 0 saturated heterocycles. The van der Waals surface area contributed by atoms with Gasteiger partial charge in [0, 0.05) is 9.13 Å². The molecule has 0 aromatic heterocycles. The van der Waals surface area contributed by atoms with E-state index in [-0.39, 0.29) is 11.3 Å². The normalized spacial score (nSPS) is 32.3. The third kappa shape index (κ3) is 2.86. The zero-order valence-corrected chi connectivity index (χ0v) is 18.4. The molecule has 5 heteroatoms. The second-order valence-corrected chi connectivity index (χ2v) is 9.71. The molecule has 0 bridgehead atoms. The minimum Gasteiger partial charge on any atom is -0.481 e. The highest BCUT2D eigenvalue weighted by Gasteiger charge is 2.56. The molecule has 1 fully saturated rings. The quantitative estimate of drug-likeness (QED) is 0.482. The first-order chi connectivity index (χ1) is 12.1. The van der Waals surface area contributed by atoms with Gasteiger partial charge in [-0.1, -0.05) is 32.3 Å². The first kappa shape index (κ1) is 19.6. The van der Waals surface area contributed by atoms with Gasteiger partial charge in [0.15, 0.2) is 0 Å². The van der Waals surface area contributed by atoms with Gasteiger partial charge in [0.05, 0.1) is 11.1 Å². The Bertz CT molecular complexity index is 773.